The number of anilines is 1. The second kappa shape index (κ2) is 4.97. The van der Waals surface area contributed by atoms with E-state index in [2.05, 4.69) is 22.4 Å². The van der Waals surface area contributed by atoms with Crippen LogP contribution in [-0.4, -0.2) is 16.7 Å². The van der Waals surface area contributed by atoms with Gasteiger partial charge in [0.2, 0.25) is 0 Å². The Bertz CT molecular complexity index is 587. The van der Waals surface area contributed by atoms with Gasteiger partial charge in [-0.25, -0.2) is 0 Å². The molecule has 1 heterocycles. The summed E-state index contributed by atoms with van der Waals surface area (Å²) in [5, 5.41) is 14.2. The molecular formula is C15H18ClN3. The number of benzene rings is 1. The molecule has 3 rings (SSSR count). The minimum Gasteiger partial charge on any atom is -0.368 e. The van der Waals surface area contributed by atoms with Gasteiger partial charge < -0.3 is 5.32 Å². The molecule has 0 aliphatic heterocycles. The summed E-state index contributed by atoms with van der Waals surface area (Å²) < 4.78 is 0. The van der Waals surface area contributed by atoms with Crippen LogP contribution in [0.4, 0.5) is 5.82 Å². The van der Waals surface area contributed by atoms with Crippen molar-refractivity contribution in [2.24, 2.45) is 5.41 Å². The topological polar surface area (TPSA) is 37.8 Å². The molecule has 0 spiro atoms. The smallest absolute Gasteiger partial charge is 0.159 e. The largest absolute Gasteiger partial charge is 0.368 e. The van der Waals surface area contributed by atoms with Gasteiger partial charge in [-0.05, 0) is 24.7 Å². The van der Waals surface area contributed by atoms with E-state index in [0.29, 0.717) is 10.6 Å². The highest BCUT2D eigenvalue weighted by Crippen LogP contribution is 2.43. The number of hydrogen-bond donors (Lipinski definition) is 1. The summed E-state index contributed by atoms with van der Waals surface area (Å²) in [5.74, 6) is 0.847. The molecule has 1 fully saturated rings. The van der Waals surface area contributed by atoms with Crippen LogP contribution in [-0.2, 0) is 0 Å². The Morgan fingerprint density at radius 3 is 2.58 bits per heavy atom. The van der Waals surface area contributed by atoms with Crippen molar-refractivity contribution in [3.05, 3.63) is 29.4 Å². The molecule has 1 aliphatic carbocycles. The summed E-state index contributed by atoms with van der Waals surface area (Å²) >= 11 is 6.08. The van der Waals surface area contributed by atoms with Gasteiger partial charge in [-0.3, -0.25) is 0 Å². The molecule has 100 valence electrons. The predicted molar refractivity (Wildman–Crippen MR) is 79.6 cm³/mol. The maximum absolute atomic E-state index is 6.08. The van der Waals surface area contributed by atoms with Gasteiger partial charge in [0.25, 0.3) is 0 Å². The molecule has 3 nitrogen and oxygen atoms in total. The number of nitrogens with one attached hydrogen (secondary N) is 1. The number of rotatable bonds is 4. The number of nitrogens with zero attached hydrogens (tertiary/aromatic N) is 2. The zero-order valence-corrected chi connectivity index (χ0v) is 11.9. The van der Waals surface area contributed by atoms with Crippen LogP contribution < -0.4 is 5.32 Å². The molecule has 1 aromatic carbocycles. The minimum absolute atomic E-state index is 0.461. The van der Waals surface area contributed by atoms with E-state index in [1.54, 1.807) is 0 Å². The minimum atomic E-state index is 0.461. The molecular weight excluding hydrogens is 258 g/mol. The van der Waals surface area contributed by atoms with Crippen LogP contribution in [0.5, 0.6) is 0 Å². The first-order valence-corrected chi connectivity index (χ1v) is 7.27. The molecule has 0 atom stereocenters. The van der Waals surface area contributed by atoms with E-state index in [9.17, 15) is 0 Å². The van der Waals surface area contributed by atoms with E-state index in [0.717, 1.165) is 23.1 Å². The maximum atomic E-state index is 6.08. The Morgan fingerprint density at radius 2 is 1.95 bits per heavy atom. The molecule has 1 aliphatic rings. The lowest BCUT2D eigenvalue weighted by Gasteiger charge is -2.41. The quantitative estimate of drug-likeness (QED) is 0.905. The molecule has 19 heavy (non-hydrogen) atoms. The SMILES string of the molecule is CCC1(CNc2nnc(Cl)c3ccccc23)CCC1. The van der Waals surface area contributed by atoms with Gasteiger partial charge in [-0.1, -0.05) is 49.2 Å². The summed E-state index contributed by atoms with van der Waals surface area (Å²) in [4.78, 5) is 0. The molecule has 0 radical (unpaired) electrons. The second-order valence-corrected chi connectivity index (χ2v) is 5.80. The van der Waals surface area contributed by atoms with Crippen molar-refractivity contribution in [3.8, 4) is 0 Å². The average Bonchev–Trinajstić information content (AvgIpc) is 2.41. The molecule has 1 aromatic heterocycles. The molecule has 1 N–H and O–H groups in total. The summed E-state index contributed by atoms with van der Waals surface area (Å²) in [6, 6.07) is 8.00. The van der Waals surface area contributed by atoms with E-state index in [1.807, 2.05) is 24.3 Å². The summed E-state index contributed by atoms with van der Waals surface area (Å²) in [5.41, 5.74) is 0.461. The lowest BCUT2D eigenvalue weighted by atomic mass is 9.67. The van der Waals surface area contributed by atoms with Crippen LogP contribution in [0.15, 0.2) is 24.3 Å². The van der Waals surface area contributed by atoms with Gasteiger partial charge in [0, 0.05) is 17.3 Å². The van der Waals surface area contributed by atoms with Gasteiger partial charge >= 0.3 is 0 Å². The fraction of sp³-hybridized carbons (Fsp3) is 0.467. The Morgan fingerprint density at radius 1 is 1.21 bits per heavy atom. The van der Waals surface area contributed by atoms with E-state index < -0.39 is 0 Å². The Labute approximate surface area is 118 Å². The first kappa shape index (κ1) is 12.7. The van der Waals surface area contributed by atoms with Gasteiger partial charge in [-0.2, -0.15) is 0 Å². The molecule has 1 saturated carbocycles. The lowest BCUT2D eigenvalue weighted by Crippen LogP contribution is -2.36. The lowest BCUT2D eigenvalue weighted by molar-refractivity contribution is 0.145. The maximum Gasteiger partial charge on any atom is 0.159 e. The average molecular weight is 276 g/mol. The third kappa shape index (κ3) is 2.27. The van der Waals surface area contributed by atoms with Crippen molar-refractivity contribution in [1.29, 1.82) is 0 Å². The van der Waals surface area contributed by atoms with E-state index in [-0.39, 0.29) is 0 Å². The third-order valence-electron chi connectivity index (χ3n) is 4.44. The van der Waals surface area contributed by atoms with E-state index >= 15 is 0 Å². The molecule has 0 unspecified atom stereocenters. The molecule has 0 saturated heterocycles. The zero-order valence-electron chi connectivity index (χ0n) is 11.1. The fourth-order valence-corrected chi connectivity index (χ4v) is 3.01. The highest BCUT2D eigenvalue weighted by atomic mass is 35.5. The van der Waals surface area contributed by atoms with Crippen molar-refractivity contribution in [3.63, 3.8) is 0 Å². The predicted octanol–water partition coefficient (Wildman–Crippen LogP) is 4.28. The van der Waals surface area contributed by atoms with E-state index in [1.165, 1.54) is 25.7 Å². The second-order valence-electron chi connectivity index (χ2n) is 5.45. The van der Waals surface area contributed by atoms with Crippen molar-refractivity contribution < 1.29 is 0 Å². The van der Waals surface area contributed by atoms with Crippen molar-refractivity contribution >= 4 is 28.2 Å². The summed E-state index contributed by atoms with van der Waals surface area (Å²) in [6.45, 7) is 3.25. The summed E-state index contributed by atoms with van der Waals surface area (Å²) in [6.07, 6.45) is 5.20. The molecule has 2 aromatic rings. The third-order valence-corrected chi connectivity index (χ3v) is 4.72. The van der Waals surface area contributed by atoms with Gasteiger partial charge in [-0.15, -0.1) is 10.2 Å². The van der Waals surface area contributed by atoms with Gasteiger partial charge in [0.1, 0.15) is 0 Å². The van der Waals surface area contributed by atoms with Crippen LogP contribution in [0.1, 0.15) is 32.6 Å². The van der Waals surface area contributed by atoms with Gasteiger partial charge in [0.15, 0.2) is 11.0 Å². The van der Waals surface area contributed by atoms with Gasteiger partial charge in [0.05, 0.1) is 0 Å². The van der Waals surface area contributed by atoms with Crippen LogP contribution in [0.3, 0.4) is 0 Å². The normalized spacial score (nSPS) is 17.2. The Kier molecular flexibility index (Phi) is 3.31. The fourth-order valence-electron chi connectivity index (χ4n) is 2.81. The molecule has 4 heteroatoms. The zero-order chi connectivity index (χ0) is 13.3. The van der Waals surface area contributed by atoms with Crippen LogP contribution >= 0.6 is 11.6 Å². The van der Waals surface area contributed by atoms with Crippen molar-refractivity contribution in [2.75, 3.05) is 11.9 Å². The molecule has 0 bridgehead atoms. The van der Waals surface area contributed by atoms with Crippen LogP contribution in [0.2, 0.25) is 5.15 Å². The summed E-state index contributed by atoms with van der Waals surface area (Å²) in [7, 11) is 0. The van der Waals surface area contributed by atoms with E-state index in [4.69, 9.17) is 11.6 Å². The number of fused-ring (bicyclic) bond motifs is 1. The highest BCUT2D eigenvalue weighted by molar-refractivity contribution is 6.34. The Hall–Kier alpha value is -1.35. The standard InChI is InChI=1S/C15H18ClN3/c1-2-15(8-5-9-15)10-17-14-12-7-4-3-6-11(12)13(16)18-19-14/h3-4,6-7H,2,5,8-10H2,1H3,(H,17,19). The van der Waals surface area contributed by atoms with Crippen LogP contribution in [0.25, 0.3) is 10.8 Å². The first-order valence-electron chi connectivity index (χ1n) is 6.89. The van der Waals surface area contributed by atoms with Crippen molar-refractivity contribution in [1.82, 2.24) is 10.2 Å². The number of hydrogen-bond acceptors (Lipinski definition) is 3. The molecule has 0 amide bonds. The Balaban J connectivity index is 1.87. The monoisotopic (exact) mass is 275 g/mol. The highest BCUT2D eigenvalue weighted by Gasteiger charge is 2.34. The first-order chi connectivity index (χ1) is 9.24. The number of aromatic nitrogens is 2. The number of halogens is 1. The van der Waals surface area contributed by atoms with Crippen molar-refractivity contribution in [2.45, 2.75) is 32.6 Å². The van der Waals surface area contributed by atoms with Crippen LogP contribution in [0, 0.1) is 5.41 Å².